The Bertz CT molecular complexity index is 1980. The Morgan fingerprint density at radius 1 is 0.986 bits per heavy atom. The number of nitrogens with two attached hydrogens (primary N) is 1. The zero-order valence-corrected chi connectivity index (χ0v) is 45.3. The van der Waals surface area contributed by atoms with Crippen LogP contribution in [0.4, 0.5) is 4.39 Å². The second-order valence-corrected chi connectivity index (χ2v) is 21.9. The maximum absolute atomic E-state index is 14.7. The molecular formula is C52H89FN6O13. The summed E-state index contributed by atoms with van der Waals surface area (Å²) in [6, 6.07) is 5.67. The third-order valence-corrected chi connectivity index (χ3v) is 16.0. The molecule has 1 aromatic carbocycles. The minimum absolute atomic E-state index is 0.0854. The number of hydrogen-bond acceptors (Lipinski definition) is 18. The van der Waals surface area contributed by atoms with Crippen molar-refractivity contribution in [2.24, 2.45) is 23.5 Å². The number of esters is 1. The Kier molecular flexibility index (Phi) is 21.2. The molecule has 0 spiro atoms. The molecule has 4 heterocycles. The van der Waals surface area contributed by atoms with Crippen LogP contribution in [0.2, 0.25) is 0 Å². The van der Waals surface area contributed by atoms with Crippen LogP contribution >= 0.6 is 0 Å². The van der Waals surface area contributed by atoms with Crippen LogP contribution < -0.4 is 5.73 Å². The fourth-order valence-corrected chi connectivity index (χ4v) is 11.4. The normalized spacial score (nSPS) is 40.0. The van der Waals surface area contributed by atoms with E-state index in [0.717, 1.165) is 11.1 Å². The highest BCUT2D eigenvalue weighted by molar-refractivity contribution is 5.73. The van der Waals surface area contributed by atoms with Crippen molar-refractivity contribution in [1.29, 1.82) is 0 Å². The van der Waals surface area contributed by atoms with Gasteiger partial charge in [-0.05, 0) is 98.9 Å². The molecule has 72 heavy (non-hydrogen) atoms. The fourth-order valence-electron chi connectivity index (χ4n) is 11.4. The van der Waals surface area contributed by atoms with Crippen LogP contribution in [0.25, 0.3) is 0 Å². The molecule has 7 N–H and O–H groups in total. The molecule has 412 valence electrons. The maximum Gasteiger partial charge on any atom is 0.311 e. The van der Waals surface area contributed by atoms with E-state index in [0.29, 0.717) is 38.2 Å². The van der Waals surface area contributed by atoms with Crippen molar-refractivity contribution in [3.05, 3.63) is 47.3 Å². The summed E-state index contributed by atoms with van der Waals surface area (Å²) in [6.07, 6.45) is -7.93. The van der Waals surface area contributed by atoms with Gasteiger partial charge < -0.3 is 74.2 Å². The first-order valence-electron chi connectivity index (χ1n) is 25.8. The van der Waals surface area contributed by atoms with Crippen LogP contribution in [-0.4, -0.2) is 195 Å². The molecule has 0 amide bonds. The Hall–Kier alpha value is -2.80. The highest BCUT2D eigenvalue weighted by atomic mass is 19.1. The molecule has 20 heteroatoms. The van der Waals surface area contributed by atoms with Crippen LogP contribution in [0.5, 0.6) is 0 Å². The van der Waals surface area contributed by atoms with Crippen molar-refractivity contribution in [1.82, 2.24) is 24.8 Å². The topological polar surface area (TPSA) is 246 Å². The van der Waals surface area contributed by atoms with Crippen molar-refractivity contribution in [3.63, 3.8) is 0 Å². The molecule has 20 atom stereocenters. The Labute approximate surface area is 426 Å². The number of aliphatic hydroxyl groups is 5. The van der Waals surface area contributed by atoms with E-state index < -0.39 is 127 Å². The molecule has 0 unspecified atom stereocenters. The lowest BCUT2D eigenvalue weighted by molar-refractivity contribution is -0.318. The highest BCUT2D eigenvalue weighted by Crippen LogP contribution is 2.40. The minimum Gasteiger partial charge on any atom is -0.459 e. The molecule has 0 bridgehead atoms. The molecular weight excluding hydrogens is 936 g/mol. The molecule has 3 saturated heterocycles. The van der Waals surface area contributed by atoms with Gasteiger partial charge in [-0.1, -0.05) is 50.3 Å². The number of likely N-dealkylation sites (N-methyl/N-ethyl adjacent to an activating group) is 2. The van der Waals surface area contributed by atoms with Gasteiger partial charge in [0.2, 0.25) is 0 Å². The van der Waals surface area contributed by atoms with Crippen LogP contribution in [0.15, 0.2) is 30.5 Å². The number of carbonyl (C=O) groups excluding carboxylic acids is 1. The quantitative estimate of drug-likeness (QED) is 0.132. The van der Waals surface area contributed by atoms with Crippen LogP contribution in [0.3, 0.4) is 0 Å². The maximum atomic E-state index is 14.7. The van der Waals surface area contributed by atoms with Gasteiger partial charge in [-0.25, -0.2) is 9.07 Å². The van der Waals surface area contributed by atoms with E-state index in [-0.39, 0.29) is 25.2 Å². The molecule has 0 aliphatic carbocycles. The van der Waals surface area contributed by atoms with Crippen molar-refractivity contribution >= 4 is 5.97 Å². The third-order valence-electron chi connectivity index (χ3n) is 16.0. The SMILES string of the molecule is CC[C@H]1OC(=O)[C@H](C)[C@@H](O[C@H]2C[C@@](C)(OC)[C@@H](O)[C@H](C)O2)[C@H](C)[C@@H](O[C@@H]2O[C@H](C)C[C@H](N(C)CCc3cn([C@H](CF)[C@H](OC)c4ccc(CN)cc4)nn3)[C@H]2O)[C@](C)(O)C[C@@H](C)CN(C)[C@H](C)[C@@H](O)[C@]1(C)O. The van der Waals surface area contributed by atoms with Gasteiger partial charge in [0, 0.05) is 70.9 Å². The largest absolute Gasteiger partial charge is 0.459 e. The summed E-state index contributed by atoms with van der Waals surface area (Å²) in [6.45, 7) is 17.9. The molecule has 0 radical (unpaired) electrons. The molecule has 1 aromatic heterocycles. The van der Waals surface area contributed by atoms with E-state index in [2.05, 4.69) is 10.3 Å². The fraction of sp³-hybridized carbons (Fsp3) is 0.827. The summed E-state index contributed by atoms with van der Waals surface area (Å²) in [5, 5.41) is 68.4. The number of benzene rings is 1. The molecule has 3 aliphatic heterocycles. The molecule has 3 aliphatic rings. The number of rotatable bonds is 16. The molecule has 3 fully saturated rings. The number of ether oxygens (including phenoxy) is 7. The zero-order chi connectivity index (χ0) is 53.6. The van der Waals surface area contributed by atoms with Crippen molar-refractivity contribution in [2.75, 3.05) is 48.1 Å². The number of aliphatic hydroxyl groups excluding tert-OH is 3. The average molecular weight is 1030 g/mol. The first-order chi connectivity index (χ1) is 33.8. The van der Waals surface area contributed by atoms with E-state index in [1.165, 1.54) is 25.8 Å². The summed E-state index contributed by atoms with van der Waals surface area (Å²) in [4.78, 5) is 18.4. The van der Waals surface area contributed by atoms with Crippen LogP contribution in [0, 0.1) is 17.8 Å². The van der Waals surface area contributed by atoms with E-state index in [1.807, 2.05) is 62.0 Å². The second-order valence-electron chi connectivity index (χ2n) is 21.9. The Balaban J connectivity index is 1.45. The first kappa shape index (κ1) is 60.1. The average Bonchev–Trinajstić information content (AvgIpc) is 3.81. The lowest BCUT2D eigenvalue weighted by Gasteiger charge is -2.49. The number of aromatic nitrogens is 3. The first-order valence-corrected chi connectivity index (χ1v) is 25.8. The lowest BCUT2D eigenvalue weighted by Crippen LogP contribution is -2.61. The summed E-state index contributed by atoms with van der Waals surface area (Å²) < 4.78 is 60.2. The van der Waals surface area contributed by atoms with Gasteiger partial charge in [0.25, 0.3) is 0 Å². The monoisotopic (exact) mass is 1020 g/mol. The summed E-state index contributed by atoms with van der Waals surface area (Å²) >= 11 is 0. The van der Waals surface area contributed by atoms with Crippen molar-refractivity contribution < 1.29 is 67.9 Å². The summed E-state index contributed by atoms with van der Waals surface area (Å²) in [7, 11) is 6.74. The highest BCUT2D eigenvalue weighted by Gasteiger charge is 2.53. The zero-order valence-electron chi connectivity index (χ0n) is 45.3. The number of alkyl halides is 1. The number of methoxy groups -OCH3 is 2. The van der Waals surface area contributed by atoms with Crippen LogP contribution in [-0.2, 0) is 50.9 Å². The van der Waals surface area contributed by atoms with Gasteiger partial charge >= 0.3 is 5.97 Å². The standard InChI is InChI=1S/C52H89FN6O13/c1-15-40-52(10,65)45(61)33(6)58(12)27-29(2)23-50(8,64)47(31(4)43(32(5)48(63)70-40)71-41-24-51(9,67-14)46(62)34(7)69-41)72-49-42(60)38(22-30(3)68-49)57(11)21-20-37-28-59(56-55-37)39(25-53)44(66-13)36-18-16-35(26-54)17-19-36/h16-19,28-34,38-47,49,60-62,64-65H,15,20-27,54H2,1-14H3/t29-,30-,31+,32-,33-,34+,38+,39-,40-,41+,42-,43+,44-,45-,46+,47-,49+,50-,51-,52-/m1/s1. The number of halogens is 1. The molecule has 5 rings (SSSR count). The summed E-state index contributed by atoms with van der Waals surface area (Å²) in [5.74, 6) is -2.87. The second kappa shape index (κ2) is 25.4. The van der Waals surface area contributed by atoms with Gasteiger partial charge in [-0.3, -0.25) is 4.79 Å². The van der Waals surface area contributed by atoms with Gasteiger partial charge in [0.05, 0.1) is 47.2 Å². The lowest BCUT2D eigenvalue weighted by atomic mass is 9.77. The summed E-state index contributed by atoms with van der Waals surface area (Å²) in [5.41, 5.74) is 3.54. The van der Waals surface area contributed by atoms with Gasteiger partial charge in [0.1, 0.15) is 48.8 Å². The Morgan fingerprint density at radius 2 is 1.65 bits per heavy atom. The molecule has 19 nitrogen and oxygen atoms in total. The van der Waals surface area contributed by atoms with Gasteiger partial charge in [0.15, 0.2) is 12.6 Å². The van der Waals surface area contributed by atoms with E-state index >= 15 is 0 Å². The molecule has 0 saturated carbocycles. The molecule has 2 aromatic rings. The number of cyclic esters (lactones) is 1. The van der Waals surface area contributed by atoms with Crippen molar-refractivity contribution in [2.45, 2.75) is 210 Å². The Morgan fingerprint density at radius 3 is 2.25 bits per heavy atom. The van der Waals surface area contributed by atoms with Gasteiger partial charge in [-0.15, -0.1) is 5.10 Å². The number of hydrogen-bond donors (Lipinski definition) is 6. The number of nitrogens with zero attached hydrogens (tertiary/aromatic N) is 5. The van der Waals surface area contributed by atoms with Crippen molar-refractivity contribution in [3.8, 4) is 0 Å². The predicted molar refractivity (Wildman–Crippen MR) is 266 cm³/mol. The van der Waals surface area contributed by atoms with E-state index in [9.17, 15) is 34.7 Å². The predicted octanol–water partition coefficient (Wildman–Crippen LogP) is 3.46. The third kappa shape index (κ3) is 13.8. The van der Waals surface area contributed by atoms with Crippen LogP contribution in [0.1, 0.15) is 124 Å². The van der Waals surface area contributed by atoms with E-state index in [4.69, 9.17) is 38.9 Å². The van der Waals surface area contributed by atoms with Gasteiger partial charge in [-0.2, -0.15) is 0 Å². The van der Waals surface area contributed by atoms with E-state index in [1.54, 1.807) is 54.7 Å². The number of carbonyl (C=O) groups is 1. The minimum atomic E-state index is -1.85. The smallest absolute Gasteiger partial charge is 0.311 e.